The molecule has 1 amide bonds. The molecule has 0 saturated heterocycles. The maximum atomic E-state index is 12.8. The lowest BCUT2D eigenvalue weighted by atomic mass is 10.2. The van der Waals surface area contributed by atoms with Gasteiger partial charge in [0, 0.05) is 33.4 Å². The van der Waals surface area contributed by atoms with Gasteiger partial charge in [-0.1, -0.05) is 11.6 Å². The SMILES string of the molecule is O=C(Cn1cc(Br)ccc1=O)N(Cc1nnc(-c2ccc(Cl)cc2)o1)C1CC1. The molecule has 0 aliphatic heterocycles. The van der Waals surface area contributed by atoms with Crippen LogP contribution in [0.4, 0.5) is 0 Å². The van der Waals surface area contributed by atoms with E-state index in [4.69, 9.17) is 16.0 Å². The first kappa shape index (κ1) is 18.9. The minimum atomic E-state index is -0.227. The minimum Gasteiger partial charge on any atom is -0.419 e. The van der Waals surface area contributed by atoms with E-state index in [0.29, 0.717) is 16.8 Å². The van der Waals surface area contributed by atoms with Gasteiger partial charge in [-0.05, 0) is 59.1 Å². The van der Waals surface area contributed by atoms with E-state index in [-0.39, 0.29) is 30.6 Å². The average Bonchev–Trinajstić information content (AvgIpc) is 3.41. The first-order valence-corrected chi connectivity index (χ1v) is 9.90. The van der Waals surface area contributed by atoms with Crippen LogP contribution < -0.4 is 5.56 Å². The van der Waals surface area contributed by atoms with Gasteiger partial charge in [0.1, 0.15) is 6.54 Å². The van der Waals surface area contributed by atoms with Gasteiger partial charge in [0.15, 0.2) is 0 Å². The molecule has 3 aromatic rings. The molecule has 0 unspecified atom stereocenters. The van der Waals surface area contributed by atoms with Crippen molar-refractivity contribution in [2.45, 2.75) is 32.0 Å². The Labute approximate surface area is 174 Å². The third-order valence-corrected chi connectivity index (χ3v) is 5.15. The van der Waals surface area contributed by atoms with E-state index < -0.39 is 0 Å². The molecule has 0 N–H and O–H groups in total. The molecule has 2 heterocycles. The maximum absolute atomic E-state index is 12.8. The fourth-order valence-corrected chi connectivity index (χ4v) is 3.35. The van der Waals surface area contributed by atoms with Crippen LogP contribution in [0.2, 0.25) is 5.02 Å². The number of rotatable bonds is 6. The number of hydrogen-bond donors (Lipinski definition) is 0. The first-order valence-electron chi connectivity index (χ1n) is 8.73. The summed E-state index contributed by atoms with van der Waals surface area (Å²) in [6, 6.07) is 10.3. The summed E-state index contributed by atoms with van der Waals surface area (Å²) >= 11 is 9.22. The summed E-state index contributed by atoms with van der Waals surface area (Å²) in [5, 5.41) is 8.75. The molecule has 28 heavy (non-hydrogen) atoms. The number of aromatic nitrogens is 3. The van der Waals surface area contributed by atoms with Gasteiger partial charge in [0.05, 0.1) is 6.54 Å². The zero-order valence-corrected chi connectivity index (χ0v) is 17.1. The minimum absolute atomic E-state index is 0.0348. The van der Waals surface area contributed by atoms with Gasteiger partial charge < -0.3 is 13.9 Å². The summed E-state index contributed by atoms with van der Waals surface area (Å²) < 4.78 is 7.85. The molecule has 0 bridgehead atoms. The van der Waals surface area contributed by atoms with E-state index in [2.05, 4.69) is 26.1 Å². The van der Waals surface area contributed by atoms with E-state index in [1.165, 1.54) is 10.6 Å². The Morgan fingerprint density at radius 3 is 2.68 bits per heavy atom. The molecule has 4 rings (SSSR count). The topological polar surface area (TPSA) is 81.2 Å². The Morgan fingerprint density at radius 1 is 1.21 bits per heavy atom. The zero-order chi connectivity index (χ0) is 19.7. The summed E-state index contributed by atoms with van der Waals surface area (Å²) in [6.07, 6.45) is 3.46. The number of benzene rings is 1. The van der Waals surface area contributed by atoms with Crippen LogP contribution >= 0.6 is 27.5 Å². The Hall–Kier alpha value is -2.45. The van der Waals surface area contributed by atoms with Crippen LogP contribution in [0.1, 0.15) is 18.7 Å². The molecule has 0 radical (unpaired) electrons. The summed E-state index contributed by atoms with van der Waals surface area (Å²) in [6.45, 7) is 0.180. The van der Waals surface area contributed by atoms with Gasteiger partial charge in [-0.3, -0.25) is 9.59 Å². The molecule has 1 aliphatic rings. The smallest absolute Gasteiger partial charge is 0.251 e. The highest BCUT2D eigenvalue weighted by molar-refractivity contribution is 9.10. The lowest BCUT2D eigenvalue weighted by Gasteiger charge is -2.21. The van der Waals surface area contributed by atoms with Crippen molar-refractivity contribution in [2.24, 2.45) is 0 Å². The maximum Gasteiger partial charge on any atom is 0.251 e. The molecule has 0 spiro atoms. The molecule has 1 aliphatic carbocycles. The van der Waals surface area contributed by atoms with Gasteiger partial charge in [0.2, 0.25) is 17.7 Å². The van der Waals surface area contributed by atoms with Gasteiger partial charge in [-0.15, -0.1) is 10.2 Å². The molecule has 9 heteroatoms. The molecular weight excluding hydrogens is 448 g/mol. The second-order valence-corrected chi connectivity index (χ2v) is 7.93. The number of amides is 1. The summed E-state index contributed by atoms with van der Waals surface area (Å²) in [4.78, 5) is 26.5. The van der Waals surface area contributed by atoms with Crippen LogP contribution in [0.15, 0.2) is 56.3 Å². The fourth-order valence-electron chi connectivity index (χ4n) is 2.84. The van der Waals surface area contributed by atoms with Gasteiger partial charge in [-0.2, -0.15) is 0 Å². The first-order chi connectivity index (χ1) is 13.5. The van der Waals surface area contributed by atoms with Gasteiger partial charge in [-0.25, -0.2) is 0 Å². The predicted octanol–water partition coefficient (Wildman–Crippen LogP) is 3.51. The number of pyridine rings is 1. The van der Waals surface area contributed by atoms with Crippen LogP contribution in [0.5, 0.6) is 0 Å². The Morgan fingerprint density at radius 2 is 1.96 bits per heavy atom. The number of halogens is 2. The third kappa shape index (κ3) is 4.34. The van der Waals surface area contributed by atoms with Gasteiger partial charge >= 0.3 is 0 Å². The Balaban J connectivity index is 1.50. The average molecular weight is 464 g/mol. The van der Waals surface area contributed by atoms with Gasteiger partial charge in [0.25, 0.3) is 5.56 Å². The van der Waals surface area contributed by atoms with Crippen molar-refractivity contribution >= 4 is 33.4 Å². The van der Waals surface area contributed by atoms with Crippen LogP contribution in [0.3, 0.4) is 0 Å². The highest BCUT2D eigenvalue weighted by atomic mass is 79.9. The molecule has 1 fully saturated rings. The molecular formula is C19H16BrClN4O3. The van der Waals surface area contributed by atoms with Crippen molar-refractivity contribution in [1.82, 2.24) is 19.7 Å². The molecule has 7 nitrogen and oxygen atoms in total. The number of hydrogen-bond acceptors (Lipinski definition) is 5. The lowest BCUT2D eigenvalue weighted by Crippen LogP contribution is -2.37. The van der Waals surface area contributed by atoms with Crippen molar-refractivity contribution in [1.29, 1.82) is 0 Å². The molecule has 1 aromatic carbocycles. The second-order valence-electron chi connectivity index (χ2n) is 6.57. The van der Waals surface area contributed by atoms with Crippen molar-refractivity contribution < 1.29 is 9.21 Å². The Bertz CT molecular complexity index is 1060. The molecule has 0 atom stereocenters. The summed E-state index contributed by atoms with van der Waals surface area (Å²) in [7, 11) is 0. The monoisotopic (exact) mass is 462 g/mol. The van der Waals surface area contributed by atoms with E-state index in [9.17, 15) is 9.59 Å². The summed E-state index contributed by atoms with van der Waals surface area (Å²) in [5.41, 5.74) is 0.531. The van der Waals surface area contributed by atoms with E-state index in [0.717, 1.165) is 22.9 Å². The van der Waals surface area contributed by atoms with E-state index >= 15 is 0 Å². The van der Waals surface area contributed by atoms with Crippen molar-refractivity contribution in [3.63, 3.8) is 0 Å². The third-order valence-electron chi connectivity index (χ3n) is 4.42. The summed E-state index contributed by atoms with van der Waals surface area (Å²) in [5.74, 6) is 0.568. The van der Waals surface area contributed by atoms with Crippen molar-refractivity contribution in [2.75, 3.05) is 0 Å². The van der Waals surface area contributed by atoms with Crippen LogP contribution in [0, 0.1) is 0 Å². The lowest BCUT2D eigenvalue weighted by molar-refractivity contribution is -0.133. The van der Waals surface area contributed by atoms with Crippen molar-refractivity contribution in [3.8, 4) is 11.5 Å². The van der Waals surface area contributed by atoms with Crippen molar-refractivity contribution in [3.05, 3.63) is 68.3 Å². The standard InChI is InChI=1S/C19H16BrClN4O3/c20-13-3-8-17(26)24(9-13)11-18(27)25(15-6-7-15)10-16-22-23-19(28-16)12-1-4-14(21)5-2-12/h1-5,8-9,15H,6-7,10-11H2. The molecule has 1 saturated carbocycles. The van der Waals surface area contributed by atoms with E-state index in [1.807, 2.05) is 0 Å². The Kier molecular flexibility index (Phi) is 5.32. The number of carbonyl (C=O) groups excluding carboxylic acids is 1. The van der Waals surface area contributed by atoms with Crippen LogP contribution in [-0.2, 0) is 17.9 Å². The number of nitrogens with zero attached hydrogens (tertiary/aromatic N) is 4. The zero-order valence-electron chi connectivity index (χ0n) is 14.7. The number of carbonyl (C=O) groups is 1. The predicted molar refractivity (Wildman–Crippen MR) is 107 cm³/mol. The normalized spacial score (nSPS) is 13.5. The van der Waals surface area contributed by atoms with E-state index in [1.54, 1.807) is 41.4 Å². The van der Waals surface area contributed by atoms with Crippen LogP contribution in [-0.4, -0.2) is 31.6 Å². The highest BCUT2D eigenvalue weighted by Gasteiger charge is 2.33. The molecule has 144 valence electrons. The van der Waals surface area contributed by atoms with Crippen LogP contribution in [0.25, 0.3) is 11.5 Å². The largest absolute Gasteiger partial charge is 0.419 e. The quantitative estimate of drug-likeness (QED) is 0.559. The highest BCUT2D eigenvalue weighted by Crippen LogP contribution is 2.29. The fraction of sp³-hybridized carbons (Fsp3) is 0.263. The molecule has 2 aromatic heterocycles. The second kappa shape index (κ2) is 7.89.